The van der Waals surface area contributed by atoms with Crippen LogP contribution in [-0.4, -0.2) is 31.0 Å². The van der Waals surface area contributed by atoms with E-state index in [4.69, 9.17) is 15.9 Å². The third-order valence-electron chi connectivity index (χ3n) is 2.31. The van der Waals surface area contributed by atoms with Crippen molar-refractivity contribution in [1.29, 1.82) is 5.41 Å². The first-order chi connectivity index (χ1) is 9.52. The zero-order chi connectivity index (χ0) is 15.0. The van der Waals surface area contributed by atoms with Crippen molar-refractivity contribution in [2.45, 2.75) is 13.3 Å². The van der Waals surface area contributed by atoms with Gasteiger partial charge < -0.3 is 21.1 Å². The lowest BCUT2D eigenvalue weighted by molar-refractivity contribution is -0.142. The monoisotopic (exact) mass is 278 g/mol. The van der Waals surface area contributed by atoms with Gasteiger partial charge in [0.2, 0.25) is 0 Å². The molecule has 0 unspecified atom stereocenters. The number of amidine groups is 1. The van der Waals surface area contributed by atoms with E-state index in [2.05, 4.69) is 10.6 Å². The van der Waals surface area contributed by atoms with Gasteiger partial charge in [0.1, 0.15) is 12.4 Å². The lowest BCUT2D eigenvalue weighted by Gasteiger charge is -2.08. The molecule has 1 aromatic rings. The maximum atomic E-state index is 11.5. The number of anilines is 1. The van der Waals surface area contributed by atoms with Crippen molar-refractivity contribution in [3.63, 3.8) is 0 Å². The molecule has 1 aromatic carbocycles. The molecule has 0 bridgehead atoms. The fraction of sp³-hybridized carbons (Fsp3) is 0.308. The zero-order valence-electron chi connectivity index (χ0n) is 11.2. The van der Waals surface area contributed by atoms with E-state index in [1.807, 2.05) is 6.92 Å². The topological polar surface area (TPSA) is 117 Å². The molecule has 0 saturated heterocycles. The van der Waals surface area contributed by atoms with Gasteiger partial charge in [0.15, 0.2) is 0 Å². The van der Waals surface area contributed by atoms with Crippen molar-refractivity contribution in [3.8, 4) is 0 Å². The highest BCUT2D eigenvalue weighted by Crippen LogP contribution is 2.08. The minimum atomic E-state index is -0.506. The van der Waals surface area contributed by atoms with E-state index in [-0.39, 0.29) is 12.4 Å². The summed E-state index contributed by atoms with van der Waals surface area (Å²) in [5, 5.41) is 12.2. The van der Waals surface area contributed by atoms with Crippen molar-refractivity contribution < 1.29 is 14.3 Å². The van der Waals surface area contributed by atoms with Crippen LogP contribution in [0.15, 0.2) is 24.3 Å². The van der Waals surface area contributed by atoms with E-state index in [9.17, 15) is 9.59 Å². The molecule has 0 saturated carbocycles. The third-order valence-corrected chi connectivity index (χ3v) is 2.31. The summed E-state index contributed by atoms with van der Waals surface area (Å²) in [6, 6.07) is 5.97. The number of urea groups is 1. The average Bonchev–Trinajstić information content (AvgIpc) is 2.43. The number of nitrogens with one attached hydrogen (secondary N) is 3. The number of carbonyl (C=O) groups is 2. The van der Waals surface area contributed by atoms with Crippen LogP contribution in [0.25, 0.3) is 0 Å². The summed E-state index contributed by atoms with van der Waals surface area (Å²) >= 11 is 0. The summed E-state index contributed by atoms with van der Waals surface area (Å²) in [6.45, 7) is 2.05. The van der Waals surface area contributed by atoms with Crippen LogP contribution in [0.2, 0.25) is 0 Å². The summed E-state index contributed by atoms with van der Waals surface area (Å²) in [7, 11) is 0. The minimum Gasteiger partial charge on any atom is -0.464 e. The third kappa shape index (κ3) is 5.38. The Hall–Kier alpha value is -2.57. The van der Waals surface area contributed by atoms with Gasteiger partial charge in [-0.1, -0.05) is 6.92 Å². The second-order valence-corrected chi connectivity index (χ2v) is 4.02. The van der Waals surface area contributed by atoms with Gasteiger partial charge in [0, 0.05) is 11.3 Å². The molecule has 1 rings (SSSR count). The van der Waals surface area contributed by atoms with Crippen molar-refractivity contribution in [1.82, 2.24) is 5.32 Å². The number of amides is 2. The lowest BCUT2D eigenvalue weighted by Crippen LogP contribution is -2.34. The predicted octanol–water partition coefficient (Wildman–Crippen LogP) is 1.05. The van der Waals surface area contributed by atoms with E-state index < -0.39 is 12.0 Å². The van der Waals surface area contributed by atoms with Gasteiger partial charge in [0.25, 0.3) is 0 Å². The molecule has 108 valence electrons. The molecule has 0 fully saturated rings. The number of hydrogen-bond acceptors (Lipinski definition) is 4. The lowest BCUT2D eigenvalue weighted by atomic mass is 10.2. The van der Waals surface area contributed by atoms with Gasteiger partial charge in [-0.3, -0.25) is 10.2 Å². The Kier molecular flexibility index (Phi) is 6.02. The number of benzene rings is 1. The van der Waals surface area contributed by atoms with Crippen molar-refractivity contribution in [3.05, 3.63) is 29.8 Å². The van der Waals surface area contributed by atoms with E-state index in [1.165, 1.54) is 0 Å². The second-order valence-electron chi connectivity index (χ2n) is 4.02. The normalized spacial score (nSPS) is 9.65. The molecule has 0 heterocycles. The Morgan fingerprint density at radius 3 is 2.50 bits per heavy atom. The number of carbonyl (C=O) groups excluding carboxylic acids is 2. The van der Waals surface area contributed by atoms with Crippen molar-refractivity contribution >= 4 is 23.5 Å². The number of rotatable bonds is 6. The molecular weight excluding hydrogens is 260 g/mol. The fourth-order valence-corrected chi connectivity index (χ4v) is 1.33. The maximum Gasteiger partial charge on any atom is 0.325 e. The molecule has 0 aliphatic carbocycles. The quantitative estimate of drug-likeness (QED) is 0.353. The molecule has 0 radical (unpaired) electrons. The van der Waals surface area contributed by atoms with Gasteiger partial charge in [-0.25, -0.2) is 4.79 Å². The Morgan fingerprint density at radius 2 is 1.95 bits per heavy atom. The summed E-state index contributed by atoms with van der Waals surface area (Å²) in [6.07, 6.45) is 0.737. The Morgan fingerprint density at radius 1 is 1.30 bits per heavy atom. The second kappa shape index (κ2) is 7.78. The molecule has 0 aliphatic heterocycles. The SMILES string of the molecule is CCCOC(=O)CNC(=O)Nc1ccc(C(=N)N)cc1. The first-order valence-electron chi connectivity index (χ1n) is 6.18. The number of esters is 1. The smallest absolute Gasteiger partial charge is 0.325 e. The Balaban J connectivity index is 2.38. The first-order valence-corrected chi connectivity index (χ1v) is 6.18. The molecule has 0 spiro atoms. The van der Waals surface area contributed by atoms with Gasteiger partial charge in [0.05, 0.1) is 6.61 Å². The van der Waals surface area contributed by atoms with Crippen LogP contribution in [0.3, 0.4) is 0 Å². The highest BCUT2D eigenvalue weighted by Gasteiger charge is 2.06. The number of ether oxygens (including phenoxy) is 1. The van der Waals surface area contributed by atoms with E-state index >= 15 is 0 Å². The summed E-state index contributed by atoms with van der Waals surface area (Å²) in [4.78, 5) is 22.7. The zero-order valence-corrected chi connectivity index (χ0v) is 11.2. The molecule has 5 N–H and O–H groups in total. The molecule has 0 aliphatic rings. The molecule has 0 aromatic heterocycles. The largest absolute Gasteiger partial charge is 0.464 e. The van der Waals surface area contributed by atoms with Gasteiger partial charge in [-0.2, -0.15) is 0 Å². The van der Waals surface area contributed by atoms with Crippen LogP contribution in [0.4, 0.5) is 10.5 Å². The number of hydrogen-bond donors (Lipinski definition) is 4. The molecule has 7 nitrogen and oxygen atoms in total. The first kappa shape index (κ1) is 15.5. The highest BCUT2D eigenvalue weighted by atomic mass is 16.5. The van der Waals surface area contributed by atoms with E-state index in [1.54, 1.807) is 24.3 Å². The molecule has 20 heavy (non-hydrogen) atoms. The van der Waals surface area contributed by atoms with Crippen LogP contribution in [0.1, 0.15) is 18.9 Å². The highest BCUT2D eigenvalue weighted by molar-refractivity contribution is 5.96. The molecule has 2 amide bonds. The van der Waals surface area contributed by atoms with E-state index in [0.29, 0.717) is 17.9 Å². The number of nitrogen functional groups attached to an aromatic ring is 1. The fourth-order valence-electron chi connectivity index (χ4n) is 1.33. The van der Waals surface area contributed by atoms with Crippen LogP contribution in [-0.2, 0) is 9.53 Å². The van der Waals surface area contributed by atoms with Gasteiger partial charge in [-0.05, 0) is 30.7 Å². The standard InChI is InChI=1S/C13H18N4O3/c1-2-7-20-11(18)8-16-13(19)17-10-5-3-9(4-6-10)12(14)15/h3-6H,2,7-8H2,1H3,(H3,14,15)(H2,16,17,19). The Bertz CT molecular complexity index is 485. The Labute approximate surface area is 117 Å². The van der Waals surface area contributed by atoms with Crippen LogP contribution >= 0.6 is 0 Å². The van der Waals surface area contributed by atoms with Crippen LogP contribution in [0, 0.1) is 5.41 Å². The predicted molar refractivity (Wildman–Crippen MR) is 75.7 cm³/mol. The van der Waals surface area contributed by atoms with Gasteiger partial charge in [-0.15, -0.1) is 0 Å². The molecular formula is C13H18N4O3. The van der Waals surface area contributed by atoms with Crippen molar-refractivity contribution in [2.75, 3.05) is 18.5 Å². The molecule has 0 atom stereocenters. The van der Waals surface area contributed by atoms with Crippen LogP contribution < -0.4 is 16.4 Å². The number of nitrogens with two attached hydrogens (primary N) is 1. The van der Waals surface area contributed by atoms with E-state index in [0.717, 1.165) is 6.42 Å². The molecule has 7 heteroatoms. The average molecular weight is 278 g/mol. The summed E-state index contributed by atoms with van der Waals surface area (Å²) in [5.41, 5.74) is 6.42. The summed E-state index contributed by atoms with van der Waals surface area (Å²) in [5.74, 6) is -0.520. The minimum absolute atomic E-state index is 0.0420. The summed E-state index contributed by atoms with van der Waals surface area (Å²) < 4.78 is 4.81. The van der Waals surface area contributed by atoms with Crippen molar-refractivity contribution in [2.24, 2.45) is 5.73 Å². The van der Waals surface area contributed by atoms with Gasteiger partial charge >= 0.3 is 12.0 Å². The maximum absolute atomic E-state index is 11.5. The van der Waals surface area contributed by atoms with Crippen LogP contribution in [0.5, 0.6) is 0 Å².